The monoisotopic (exact) mass is 465 g/mol. The summed E-state index contributed by atoms with van der Waals surface area (Å²) < 4.78 is 11.9. The molecule has 1 fully saturated rings. The third kappa shape index (κ3) is 4.44. The zero-order valence-corrected chi connectivity index (χ0v) is 19.5. The lowest BCUT2D eigenvalue weighted by Gasteiger charge is -2.36. The number of hydrogen-bond donors (Lipinski definition) is 0. The number of aryl methyl sites for hydroxylation is 1. The summed E-state index contributed by atoms with van der Waals surface area (Å²) in [6.07, 6.45) is 3.57. The molecule has 0 aromatic heterocycles. The average molecular weight is 466 g/mol. The number of fused-ring (bicyclic) bond motifs is 1. The number of esters is 1. The first-order valence-electron chi connectivity index (χ1n) is 11.7. The largest absolute Gasteiger partial charge is 0.454 e. The molecule has 33 heavy (non-hydrogen) atoms. The van der Waals surface area contributed by atoms with Gasteiger partial charge in [-0.15, -0.1) is 0 Å². The van der Waals surface area contributed by atoms with Crippen LogP contribution in [-0.2, 0) is 25.5 Å². The molecule has 5 nitrogen and oxygen atoms in total. The maximum atomic E-state index is 13.6. The van der Waals surface area contributed by atoms with Crippen molar-refractivity contribution in [3.8, 4) is 0 Å². The fourth-order valence-corrected chi connectivity index (χ4v) is 5.43. The van der Waals surface area contributed by atoms with Gasteiger partial charge in [-0.05, 0) is 61.4 Å². The molecule has 0 spiro atoms. The summed E-state index contributed by atoms with van der Waals surface area (Å²) in [5.74, 6) is -0.704. The Kier molecular flexibility index (Phi) is 6.26. The molecule has 172 valence electrons. The molecule has 3 atom stereocenters. The molecule has 0 radical (unpaired) electrons. The summed E-state index contributed by atoms with van der Waals surface area (Å²) in [5.41, 5.74) is 4.42. The van der Waals surface area contributed by atoms with E-state index in [9.17, 15) is 9.59 Å². The van der Waals surface area contributed by atoms with Crippen LogP contribution in [0.5, 0.6) is 0 Å². The van der Waals surface area contributed by atoms with Crippen LogP contribution in [0.3, 0.4) is 0 Å². The molecule has 1 unspecified atom stereocenters. The van der Waals surface area contributed by atoms with Crippen LogP contribution in [0.15, 0.2) is 59.8 Å². The molecule has 1 saturated heterocycles. The van der Waals surface area contributed by atoms with Gasteiger partial charge in [-0.2, -0.15) is 0 Å². The first-order chi connectivity index (χ1) is 16.0. The van der Waals surface area contributed by atoms with Crippen molar-refractivity contribution in [3.63, 3.8) is 0 Å². The second kappa shape index (κ2) is 9.32. The van der Waals surface area contributed by atoms with E-state index in [0.717, 1.165) is 43.4 Å². The van der Waals surface area contributed by atoms with Crippen molar-refractivity contribution in [3.05, 3.63) is 81.5 Å². The van der Waals surface area contributed by atoms with Gasteiger partial charge in [0.15, 0.2) is 0 Å². The number of amides is 1. The zero-order chi connectivity index (χ0) is 22.9. The van der Waals surface area contributed by atoms with Gasteiger partial charge in [-0.25, -0.2) is 4.79 Å². The van der Waals surface area contributed by atoms with Crippen molar-refractivity contribution in [2.75, 3.05) is 13.2 Å². The highest BCUT2D eigenvalue weighted by Crippen LogP contribution is 2.40. The van der Waals surface area contributed by atoms with Crippen molar-refractivity contribution in [2.24, 2.45) is 0 Å². The standard InChI is InChI=1S/C27H28ClNO4/c1-17-26(27(31)33-24-13-10-18-5-2-3-7-22(18)24)23(19-8-11-20(28)12-9-19)15-25(30)29(17)16-21-6-4-14-32-21/h2-3,5,7-9,11-12,21,23-24H,4,6,10,13-16H2,1H3/t21-,23?,24-/m1/s1. The molecule has 2 heterocycles. The van der Waals surface area contributed by atoms with E-state index in [0.29, 0.717) is 22.8 Å². The molecule has 1 amide bonds. The molecular formula is C27H28ClNO4. The van der Waals surface area contributed by atoms with E-state index >= 15 is 0 Å². The van der Waals surface area contributed by atoms with Gasteiger partial charge in [0, 0.05) is 29.7 Å². The Morgan fingerprint density at radius 2 is 1.94 bits per heavy atom. The summed E-state index contributed by atoms with van der Waals surface area (Å²) in [6, 6.07) is 15.5. The first kappa shape index (κ1) is 22.2. The van der Waals surface area contributed by atoms with Gasteiger partial charge < -0.3 is 14.4 Å². The third-order valence-electron chi connectivity index (χ3n) is 7.05. The summed E-state index contributed by atoms with van der Waals surface area (Å²) >= 11 is 6.09. The summed E-state index contributed by atoms with van der Waals surface area (Å²) in [4.78, 5) is 28.5. The number of ether oxygens (including phenoxy) is 2. The molecule has 0 bridgehead atoms. The minimum atomic E-state index is -0.361. The maximum Gasteiger partial charge on any atom is 0.337 e. The Bertz CT molecular complexity index is 1090. The van der Waals surface area contributed by atoms with Crippen molar-refractivity contribution in [1.29, 1.82) is 0 Å². The average Bonchev–Trinajstić information content (AvgIpc) is 3.47. The Morgan fingerprint density at radius 1 is 1.15 bits per heavy atom. The molecule has 2 aliphatic heterocycles. The van der Waals surface area contributed by atoms with Crippen molar-refractivity contribution in [1.82, 2.24) is 4.90 Å². The van der Waals surface area contributed by atoms with Crippen LogP contribution in [-0.4, -0.2) is 36.0 Å². The molecule has 2 aromatic rings. The number of hydrogen-bond acceptors (Lipinski definition) is 4. The minimum absolute atomic E-state index is 0.00529. The summed E-state index contributed by atoms with van der Waals surface area (Å²) in [7, 11) is 0. The van der Waals surface area contributed by atoms with Gasteiger partial charge in [0.25, 0.3) is 0 Å². The highest BCUT2D eigenvalue weighted by Gasteiger charge is 2.39. The Balaban J connectivity index is 1.48. The summed E-state index contributed by atoms with van der Waals surface area (Å²) in [5, 5.41) is 0.619. The van der Waals surface area contributed by atoms with Gasteiger partial charge in [0.1, 0.15) is 6.10 Å². The number of halogens is 1. The number of carbonyl (C=O) groups is 2. The minimum Gasteiger partial charge on any atom is -0.454 e. The van der Waals surface area contributed by atoms with E-state index < -0.39 is 0 Å². The van der Waals surface area contributed by atoms with Crippen molar-refractivity contribution >= 4 is 23.5 Å². The molecule has 5 rings (SSSR count). The third-order valence-corrected chi connectivity index (χ3v) is 7.30. The lowest BCUT2D eigenvalue weighted by Crippen LogP contribution is -2.42. The van der Waals surface area contributed by atoms with Crippen LogP contribution < -0.4 is 0 Å². The van der Waals surface area contributed by atoms with Crippen molar-refractivity contribution in [2.45, 2.75) is 57.2 Å². The van der Waals surface area contributed by atoms with Gasteiger partial charge in [-0.1, -0.05) is 48.0 Å². The number of rotatable bonds is 5. The van der Waals surface area contributed by atoms with Crippen LogP contribution in [0.4, 0.5) is 0 Å². The van der Waals surface area contributed by atoms with Crippen molar-refractivity contribution < 1.29 is 19.1 Å². The van der Waals surface area contributed by atoms with Crippen LogP contribution in [0.2, 0.25) is 5.02 Å². The van der Waals surface area contributed by atoms with E-state index in [4.69, 9.17) is 21.1 Å². The quantitative estimate of drug-likeness (QED) is 0.559. The van der Waals surface area contributed by atoms with E-state index in [1.54, 1.807) is 17.0 Å². The molecular weight excluding hydrogens is 438 g/mol. The van der Waals surface area contributed by atoms with Gasteiger partial charge in [-0.3, -0.25) is 4.79 Å². The van der Waals surface area contributed by atoms with Gasteiger partial charge >= 0.3 is 5.97 Å². The van der Waals surface area contributed by atoms with E-state index in [2.05, 4.69) is 6.07 Å². The topological polar surface area (TPSA) is 55.8 Å². The van der Waals surface area contributed by atoms with Crippen LogP contribution >= 0.6 is 11.6 Å². The second-order valence-electron chi connectivity index (χ2n) is 9.08. The number of nitrogens with zero attached hydrogens (tertiary/aromatic N) is 1. The maximum absolute atomic E-state index is 13.6. The smallest absolute Gasteiger partial charge is 0.337 e. The van der Waals surface area contributed by atoms with E-state index in [-0.39, 0.29) is 36.4 Å². The molecule has 0 saturated carbocycles. The van der Waals surface area contributed by atoms with Crippen LogP contribution in [0.1, 0.15) is 61.3 Å². The number of allylic oxidation sites excluding steroid dienone is 1. The van der Waals surface area contributed by atoms with E-state index in [1.165, 1.54) is 5.56 Å². The number of benzene rings is 2. The molecule has 0 N–H and O–H groups in total. The summed E-state index contributed by atoms with van der Waals surface area (Å²) in [6.45, 7) is 3.05. The van der Waals surface area contributed by atoms with Gasteiger partial charge in [0.05, 0.1) is 18.2 Å². The number of carbonyl (C=O) groups excluding carboxylic acids is 2. The lowest BCUT2D eigenvalue weighted by atomic mass is 9.83. The Morgan fingerprint density at radius 3 is 2.70 bits per heavy atom. The SMILES string of the molecule is CC1=C(C(=O)O[C@@H]2CCc3ccccc32)C(c2ccc(Cl)cc2)CC(=O)N1C[C@H]1CCCO1. The van der Waals surface area contributed by atoms with Gasteiger partial charge in [0.2, 0.25) is 5.91 Å². The molecule has 3 aliphatic rings. The first-order valence-corrected chi connectivity index (χ1v) is 12.1. The highest BCUT2D eigenvalue weighted by molar-refractivity contribution is 6.30. The zero-order valence-electron chi connectivity index (χ0n) is 18.8. The molecule has 6 heteroatoms. The fourth-order valence-electron chi connectivity index (χ4n) is 5.30. The normalized spacial score (nSPS) is 24.8. The highest BCUT2D eigenvalue weighted by atomic mass is 35.5. The van der Waals surface area contributed by atoms with E-state index in [1.807, 2.05) is 37.3 Å². The fraction of sp³-hybridized carbons (Fsp3) is 0.407. The molecule has 1 aliphatic carbocycles. The molecule has 2 aromatic carbocycles. The Hall–Kier alpha value is -2.63. The second-order valence-corrected chi connectivity index (χ2v) is 9.51. The van der Waals surface area contributed by atoms with Crippen LogP contribution in [0, 0.1) is 0 Å². The lowest BCUT2D eigenvalue weighted by molar-refractivity contribution is -0.145. The van der Waals surface area contributed by atoms with Crippen LogP contribution in [0.25, 0.3) is 0 Å². The predicted molar refractivity (Wildman–Crippen MR) is 126 cm³/mol. The Labute approximate surface area is 199 Å². The predicted octanol–water partition coefficient (Wildman–Crippen LogP) is 5.34.